The van der Waals surface area contributed by atoms with Crippen molar-refractivity contribution in [2.75, 3.05) is 37.3 Å². The summed E-state index contributed by atoms with van der Waals surface area (Å²) in [5.74, 6) is -0.282. The molecule has 1 aliphatic rings. The molecule has 1 heterocycles. The van der Waals surface area contributed by atoms with E-state index in [-0.39, 0.29) is 24.0 Å². The van der Waals surface area contributed by atoms with Gasteiger partial charge < -0.3 is 9.80 Å². The molecule has 1 aromatic carbocycles. The maximum Gasteiger partial charge on any atom is 0.232 e. The lowest BCUT2D eigenvalue weighted by atomic mass is 10.1. The third-order valence-corrected chi connectivity index (χ3v) is 5.10. The van der Waals surface area contributed by atoms with Crippen LogP contribution in [0, 0.1) is 5.92 Å². The number of halogens is 1. The summed E-state index contributed by atoms with van der Waals surface area (Å²) in [5.41, 5.74) is 1.14. The first-order chi connectivity index (χ1) is 10.3. The van der Waals surface area contributed by atoms with E-state index in [9.17, 15) is 13.2 Å². The average molecular weight is 345 g/mol. The van der Waals surface area contributed by atoms with E-state index in [1.165, 1.54) is 0 Å². The van der Waals surface area contributed by atoms with Crippen molar-refractivity contribution in [2.24, 2.45) is 5.92 Å². The molecule has 0 aromatic heterocycles. The zero-order valence-corrected chi connectivity index (χ0v) is 14.2. The first-order valence-electron chi connectivity index (χ1n) is 7.31. The maximum absolute atomic E-state index is 11.9. The Hall–Kier alpha value is -1.27. The normalized spacial score (nSPS) is 18.7. The van der Waals surface area contributed by atoms with Crippen molar-refractivity contribution in [2.45, 2.75) is 12.8 Å². The number of amides is 1. The molecular weight excluding hydrogens is 324 g/mol. The van der Waals surface area contributed by atoms with Crippen LogP contribution in [0.25, 0.3) is 0 Å². The van der Waals surface area contributed by atoms with E-state index in [0.29, 0.717) is 13.1 Å². The van der Waals surface area contributed by atoms with Crippen molar-refractivity contribution >= 4 is 31.3 Å². The quantitative estimate of drug-likeness (QED) is 0.709. The smallest absolute Gasteiger partial charge is 0.232 e. The number of hydrogen-bond acceptors (Lipinski definition) is 4. The minimum absolute atomic E-state index is 0.0210. The standard InChI is InChI=1S/C15H21ClN2O3S/c1-17(14-6-3-2-4-7-14)8-5-9-18-11-13(10-15(18)19)12-22(16,20)21/h2-4,6-7,13H,5,8-12H2,1H3. The molecule has 2 rings (SSSR count). The molecule has 0 saturated carbocycles. The summed E-state index contributed by atoms with van der Waals surface area (Å²) in [5, 5.41) is 0. The molecule has 1 atom stereocenters. The first-order valence-corrected chi connectivity index (χ1v) is 9.79. The molecule has 1 aromatic rings. The van der Waals surface area contributed by atoms with E-state index in [0.717, 1.165) is 18.7 Å². The number of rotatable bonds is 7. The SMILES string of the molecule is CN(CCCN1CC(CS(=O)(=O)Cl)CC1=O)c1ccccc1. The topological polar surface area (TPSA) is 57.7 Å². The van der Waals surface area contributed by atoms with Gasteiger partial charge in [-0.1, -0.05) is 18.2 Å². The van der Waals surface area contributed by atoms with E-state index in [1.54, 1.807) is 4.90 Å². The second-order valence-corrected chi connectivity index (χ2v) is 8.55. The highest BCUT2D eigenvalue weighted by Gasteiger charge is 2.31. The summed E-state index contributed by atoms with van der Waals surface area (Å²) in [6, 6.07) is 10.1. The van der Waals surface area contributed by atoms with Gasteiger partial charge in [-0.2, -0.15) is 0 Å². The van der Waals surface area contributed by atoms with Crippen LogP contribution in [0.2, 0.25) is 0 Å². The fraction of sp³-hybridized carbons (Fsp3) is 0.533. The molecule has 0 aliphatic carbocycles. The highest BCUT2D eigenvalue weighted by atomic mass is 35.7. The Bertz CT molecular complexity index is 606. The lowest BCUT2D eigenvalue weighted by Gasteiger charge is -2.22. The molecule has 5 nitrogen and oxygen atoms in total. The summed E-state index contributed by atoms with van der Waals surface area (Å²) in [6.45, 7) is 1.97. The summed E-state index contributed by atoms with van der Waals surface area (Å²) >= 11 is 0. The third-order valence-electron chi connectivity index (χ3n) is 3.85. The van der Waals surface area contributed by atoms with Crippen LogP contribution in [0.5, 0.6) is 0 Å². The van der Waals surface area contributed by atoms with Gasteiger partial charge in [0.1, 0.15) is 0 Å². The predicted molar refractivity (Wildman–Crippen MR) is 88.7 cm³/mol. The fourth-order valence-corrected chi connectivity index (χ4v) is 4.09. The number of anilines is 1. The maximum atomic E-state index is 11.9. The summed E-state index contributed by atoms with van der Waals surface area (Å²) < 4.78 is 22.2. The zero-order valence-electron chi connectivity index (χ0n) is 12.6. The highest BCUT2D eigenvalue weighted by molar-refractivity contribution is 8.13. The molecule has 22 heavy (non-hydrogen) atoms. The molecule has 0 spiro atoms. The van der Waals surface area contributed by atoms with Gasteiger partial charge in [-0.15, -0.1) is 0 Å². The van der Waals surface area contributed by atoms with Crippen LogP contribution >= 0.6 is 10.7 Å². The van der Waals surface area contributed by atoms with Gasteiger partial charge in [0.25, 0.3) is 0 Å². The molecule has 1 saturated heterocycles. The molecule has 7 heteroatoms. The van der Waals surface area contributed by atoms with Crippen molar-refractivity contribution in [3.63, 3.8) is 0 Å². The molecule has 0 N–H and O–H groups in total. The van der Waals surface area contributed by atoms with Gasteiger partial charge in [-0.3, -0.25) is 4.79 Å². The van der Waals surface area contributed by atoms with Crippen LogP contribution in [0.4, 0.5) is 5.69 Å². The third kappa shape index (κ3) is 5.18. The van der Waals surface area contributed by atoms with Crippen molar-refractivity contribution in [1.29, 1.82) is 0 Å². The van der Waals surface area contributed by atoms with Gasteiger partial charge in [-0.25, -0.2) is 8.42 Å². The Morgan fingerprint density at radius 1 is 1.32 bits per heavy atom. The zero-order chi connectivity index (χ0) is 16.2. The number of para-hydroxylation sites is 1. The van der Waals surface area contributed by atoms with Crippen LogP contribution in [0.1, 0.15) is 12.8 Å². The monoisotopic (exact) mass is 344 g/mol. The molecule has 0 radical (unpaired) electrons. The van der Waals surface area contributed by atoms with E-state index in [4.69, 9.17) is 10.7 Å². The summed E-state index contributed by atoms with van der Waals surface area (Å²) in [4.78, 5) is 15.8. The van der Waals surface area contributed by atoms with Gasteiger partial charge in [0.05, 0.1) is 5.75 Å². The molecular formula is C15H21ClN2O3S. The molecule has 0 bridgehead atoms. The second kappa shape index (κ2) is 7.33. The van der Waals surface area contributed by atoms with E-state index in [1.807, 2.05) is 37.4 Å². The fourth-order valence-electron chi connectivity index (χ4n) is 2.77. The van der Waals surface area contributed by atoms with E-state index < -0.39 is 9.05 Å². The van der Waals surface area contributed by atoms with E-state index >= 15 is 0 Å². The lowest BCUT2D eigenvalue weighted by Crippen LogP contribution is -2.30. The van der Waals surface area contributed by atoms with Crippen molar-refractivity contribution in [3.05, 3.63) is 30.3 Å². The Kier molecular flexibility index (Phi) is 5.69. The van der Waals surface area contributed by atoms with Gasteiger partial charge >= 0.3 is 0 Å². The van der Waals surface area contributed by atoms with Crippen LogP contribution in [0.15, 0.2) is 30.3 Å². The second-order valence-electron chi connectivity index (χ2n) is 5.73. The average Bonchev–Trinajstić information content (AvgIpc) is 2.77. The number of benzene rings is 1. The molecule has 1 amide bonds. The number of carbonyl (C=O) groups is 1. The number of carbonyl (C=O) groups excluding carboxylic acids is 1. The van der Waals surface area contributed by atoms with Gasteiger partial charge in [0.2, 0.25) is 15.0 Å². The number of hydrogen-bond donors (Lipinski definition) is 0. The summed E-state index contributed by atoms with van der Waals surface area (Å²) in [7, 11) is 3.74. The van der Waals surface area contributed by atoms with Crippen LogP contribution in [-0.2, 0) is 13.8 Å². The Labute approximate surface area is 136 Å². The molecule has 1 fully saturated rings. The first kappa shape index (κ1) is 17.1. The number of likely N-dealkylation sites (tertiary alicyclic amines) is 1. The van der Waals surface area contributed by atoms with Gasteiger partial charge in [0, 0.05) is 55.4 Å². The lowest BCUT2D eigenvalue weighted by molar-refractivity contribution is -0.127. The van der Waals surface area contributed by atoms with Crippen LogP contribution < -0.4 is 4.90 Å². The minimum atomic E-state index is -3.54. The summed E-state index contributed by atoms with van der Waals surface area (Å²) in [6.07, 6.45) is 1.12. The van der Waals surface area contributed by atoms with Crippen molar-refractivity contribution in [1.82, 2.24) is 4.90 Å². The van der Waals surface area contributed by atoms with Crippen LogP contribution in [-0.4, -0.2) is 51.7 Å². The Morgan fingerprint density at radius 3 is 2.64 bits per heavy atom. The predicted octanol–water partition coefficient (Wildman–Crippen LogP) is 1.93. The molecule has 1 unspecified atom stereocenters. The van der Waals surface area contributed by atoms with Gasteiger partial charge in [-0.05, 0) is 18.6 Å². The Morgan fingerprint density at radius 2 is 2.00 bits per heavy atom. The largest absolute Gasteiger partial charge is 0.375 e. The van der Waals surface area contributed by atoms with Gasteiger partial charge in [0.15, 0.2) is 0 Å². The number of nitrogens with zero attached hydrogens (tertiary/aromatic N) is 2. The van der Waals surface area contributed by atoms with Crippen molar-refractivity contribution < 1.29 is 13.2 Å². The minimum Gasteiger partial charge on any atom is -0.375 e. The Balaban J connectivity index is 1.76. The van der Waals surface area contributed by atoms with Crippen molar-refractivity contribution in [3.8, 4) is 0 Å². The van der Waals surface area contributed by atoms with E-state index in [2.05, 4.69) is 4.90 Å². The molecule has 1 aliphatic heterocycles. The van der Waals surface area contributed by atoms with Crippen LogP contribution in [0.3, 0.4) is 0 Å². The molecule has 122 valence electrons. The highest BCUT2D eigenvalue weighted by Crippen LogP contribution is 2.21.